The van der Waals surface area contributed by atoms with E-state index in [4.69, 9.17) is 0 Å². The summed E-state index contributed by atoms with van der Waals surface area (Å²) in [5.41, 5.74) is 4.80. The maximum atomic E-state index is 13.2. The van der Waals surface area contributed by atoms with Crippen molar-refractivity contribution in [3.05, 3.63) is 57.5 Å². The molecule has 1 aromatic heterocycles. The minimum absolute atomic E-state index is 0.0838. The fraction of sp³-hybridized carbons (Fsp3) is 0.429. The van der Waals surface area contributed by atoms with Crippen molar-refractivity contribution in [2.75, 3.05) is 0 Å². The second kappa shape index (κ2) is 5.44. The number of carbonyl (C=O) groups excluding carboxylic acids is 1. The molecule has 0 fully saturated rings. The number of benzene rings is 1. The Kier molecular flexibility index (Phi) is 3.48. The van der Waals surface area contributed by atoms with Gasteiger partial charge in [-0.1, -0.05) is 37.3 Å². The Morgan fingerprint density at radius 2 is 1.96 bits per heavy atom. The van der Waals surface area contributed by atoms with E-state index < -0.39 is 0 Å². The molecular weight excluding hydrogens is 298 g/mol. The van der Waals surface area contributed by atoms with Crippen molar-refractivity contribution in [1.29, 1.82) is 0 Å². The van der Waals surface area contributed by atoms with Gasteiger partial charge in [-0.3, -0.25) is 9.59 Å². The van der Waals surface area contributed by atoms with Gasteiger partial charge in [0.1, 0.15) is 0 Å². The van der Waals surface area contributed by atoms with Crippen molar-refractivity contribution in [3.63, 3.8) is 0 Å². The van der Waals surface area contributed by atoms with Crippen LogP contribution in [0.1, 0.15) is 61.1 Å². The van der Waals surface area contributed by atoms with E-state index in [9.17, 15) is 9.59 Å². The molecule has 1 aromatic carbocycles. The van der Waals surface area contributed by atoms with Gasteiger partial charge in [0.2, 0.25) is 0 Å². The van der Waals surface area contributed by atoms with Gasteiger partial charge in [-0.05, 0) is 50.2 Å². The van der Waals surface area contributed by atoms with Gasteiger partial charge in [-0.15, -0.1) is 0 Å². The second-order valence-corrected chi connectivity index (χ2v) is 7.19. The topological polar surface area (TPSA) is 39.1 Å². The summed E-state index contributed by atoms with van der Waals surface area (Å²) in [7, 11) is 0. The molecule has 24 heavy (non-hydrogen) atoms. The first-order valence-electron chi connectivity index (χ1n) is 8.95. The van der Waals surface area contributed by atoms with Gasteiger partial charge in [0, 0.05) is 23.2 Å². The van der Waals surface area contributed by atoms with Crippen LogP contribution in [0, 0.1) is 0 Å². The molecule has 1 aliphatic heterocycles. The molecular formula is C21H23NO2. The lowest BCUT2D eigenvalue weighted by molar-refractivity contribution is 0.101. The van der Waals surface area contributed by atoms with E-state index in [0.29, 0.717) is 5.56 Å². The van der Waals surface area contributed by atoms with Crippen molar-refractivity contribution in [1.82, 2.24) is 4.57 Å². The zero-order valence-electron chi connectivity index (χ0n) is 14.4. The smallest absolute Gasteiger partial charge is 0.262 e. The third kappa shape index (κ3) is 1.97. The van der Waals surface area contributed by atoms with E-state index in [1.54, 1.807) is 0 Å². The molecule has 0 saturated carbocycles. The van der Waals surface area contributed by atoms with Crippen LogP contribution in [0.3, 0.4) is 0 Å². The fourth-order valence-corrected chi connectivity index (χ4v) is 4.91. The number of aromatic nitrogens is 1. The van der Waals surface area contributed by atoms with Gasteiger partial charge >= 0.3 is 0 Å². The van der Waals surface area contributed by atoms with Crippen LogP contribution >= 0.6 is 0 Å². The molecule has 2 aliphatic rings. The highest BCUT2D eigenvalue weighted by Crippen LogP contribution is 2.49. The van der Waals surface area contributed by atoms with Gasteiger partial charge < -0.3 is 4.57 Å². The van der Waals surface area contributed by atoms with Gasteiger partial charge in [0.25, 0.3) is 5.56 Å². The van der Waals surface area contributed by atoms with E-state index >= 15 is 0 Å². The number of hydrogen-bond donors (Lipinski definition) is 0. The Morgan fingerprint density at radius 1 is 1.21 bits per heavy atom. The molecule has 0 radical (unpaired) electrons. The fourth-order valence-electron chi connectivity index (χ4n) is 4.91. The SMILES string of the molecule is CCC12CCCn3c1c(c(-c1ccccc1)c(C(C)=O)c3=O)CC2. The first-order valence-corrected chi connectivity index (χ1v) is 8.95. The monoisotopic (exact) mass is 321 g/mol. The predicted molar refractivity (Wildman–Crippen MR) is 95.7 cm³/mol. The summed E-state index contributed by atoms with van der Waals surface area (Å²) >= 11 is 0. The van der Waals surface area contributed by atoms with E-state index in [0.717, 1.165) is 49.8 Å². The number of hydrogen-bond acceptors (Lipinski definition) is 2. The zero-order chi connectivity index (χ0) is 16.9. The Bertz CT molecular complexity index is 879. The molecule has 124 valence electrons. The minimum Gasteiger partial charge on any atom is -0.311 e. The van der Waals surface area contributed by atoms with Crippen LogP contribution in [0.15, 0.2) is 35.1 Å². The van der Waals surface area contributed by atoms with E-state index in [-0.39, 0.29) is 16.8 Å². The highest BCUT2D eigenvalue weighted by atomic mass is 16.1. The van der Waals surface area contributed by atoms with Crippen molar-refractivity contribution >= 4 is 5.78 Å². The molecule has 2 heterocycles. The lowest BCUT2D eigenvalue weighted by Crippen LogP contribution is -2.39. The van der Waals surface area contributed by atoms with Crippen molar-refractivity contribution in [3.8, 4) is 11.1 Å². The third-order valence-corrected chi connectivity index (χ3v) is 6.05. The van der Waals surface area contributed by atoms with E-state index in [2.05, 4.69) is 6.92 Å². The average Bonchev–Trinajstić information content (AvgIpc) is 2.99. The predicted octanol–water partition coefficient (Wildman–Crippen LogP) is 4.11. The summed E-state index contributed by atoms with van der Waals surface area (Å²) in [4.78, 5) is 25.5. The number of pyridine rings is 1. The minimum atomic E-state index is -0.120. The van der Waals surface area contributed by atoms with Gasteiger partial charge in [-0.25, -0.2) is 0 Å². The molecule has 0 saturated heterocycles. The van der Waals surface area contributed by atoms with Crippen molar-refractivity contribution in [2.24, 2.45) is 0 Å². The third-order valence-electron chi connectivity index (χ3n) is 6.05. The highest BCUT2D eigenvalue weighted by molar-refractivity contribution is 6.01. The summed E-state index contributed by atoms with van der Waals surface area (Å²) in [5.74, 6) is -0.120. The number of nitrogens with zero attached hydrogens (tertiary/aromatic N) is 1. The zero-order valence-corrected chi connectivity index (χ0v) is 14.4. The van der Waals surface area contributed by atoms with Crippen molar-refractivity contribution < 1.29 is 4.79 Å². The molecule has 2 aromatic rings. The van der Waals surface area contributed by atoms with Crippen LogP contribution in [0.5, 0.6) is 0 Å². The Balaban J connectivity index is 2.14. The quantitative estimate of drug-likeness (QED) is 0.798. The highest BCUT2D eigenvalue weighted by Gasteiger charge is 2.44. The molecule has 3 nitrogen and oxygen atoms in total. The van der Waals surface area contributed by atoms with Crippen LogP contribution in [0.25, 0.3) is 11.1 Å². The first kappa shape index (κ1) is 15.4. The van der Waals surface area contributed by atoms with Crippen LogP contribution in [0.2, 0.25) is 0 Å². The van der Waals surface area contributed by atoms with Gasteiger partial charge in [-0.2, -0.15) is 0 Å². The molecule has 1 unspecified atom stereocenters. The Labute approximate surface area is 142 Å². The number of ketones is 1. The number of carbonyl (C=O) groups is 1. The molecule has 0 N–H and O–H groups in total. The number of Topliss-reactive ketones (excluding diaryl/α,β-unsaturated/α-hetero) is 1. The first-order chi connectivity index (χ1) is 11.6. The van der Waals surface area contributed by atoms with Crippen LogP contribution in [-0.2, 0) is 18.4 Å². The lowest BCUT2D eigenvalue weighted by atomic mass is 9.75. The lowest BCUT2D eigenvalue weighted by Gasteiger charge is -2.36. The summed E-state index contributed by atoms with van der Waals surface area (Å²) in [6.07, 6.45) is 5.31. The Hall–Kier alpha value is -2.16. The summed E-state index contributed by atoms with van der Waals surface area (Å²) in [6, 6.07) is 9.96. The van der Waals surface area contributed by atoms with Gasteiger partial charge in [0.15, 0.2) is 5.78 Å². The molecule has 0 bridgehead atoms. The largest absolute Gasteiger partial charge is 0.311 e. The number of rotatable bonds is 3. The van der Waals surface area contributed by atoms with Gasteiger partial charge in [0.05, 0.1) is 5.56 Å². The van der Waals surface area contributed by atoms with E-state index in [1.165, 1.54) is 18.2 Å². The summed E-state index contributed by atoms with van der Waals surface area (Å²) in [6.45, 7) is 4.50. The van der Waals surface area contributed by atoms with Crippen LogP contribution < -0.4 is 5.56 Å². The van der Waals surface area contributed by atoms with Crippen LogP contribution in [0.4, 0.5) is 0 Å². The second-order valence-electron chi connectivity index (χ2n) is 7.19. The normalized spacial score (nSPS) is 21.6. The Morgan fingerprint density at radius 3 is 2.62 bits per heavy atom. The summed E-state index contributed by atoms with van der Waals surface area (Å²) in [5, 5.41) is 0. The van der Waals surface area contributed by atoms with Crippen molar-refractivity contribution in [2.45, 2.75) is 57.9 Å². The molecule has 1 atom stereocenters. The molecule has 4 rings (SSSR count). The van der Waals surface area contributed by atoms with Crippen LogP contribution in [-0.4, -0.2) is 10.4 Å². The molecule has 0 amide bonds. The maximum absolute atomic E-state index is 13.2. The molecule has 3 heteroatoms. The summed E-state index contributed by atoms with van der Waals surface area (Å²) < 4.78 is 1.93. The average molecular weight is 321 g/mol. The van der Waals surface area contributed by atoms with E-state index in [1.807, 2.05) is 34.9 Å². The molecule has 0 spiro atoms. The molecule has 1 aliphatic carbocycles. The standard InChI is InChI=1S/C21H23NO2/c1-3-21-11-7-13-22-19(21)16(10-12-21)18(15-8-5-4-6-9-15)17(14(2)23)20(22)24/h4-6,8-9H,3,7,10-13H2,1-2H3. The maximum Gasteiger partial charge on any atom is 0.262 e.